The van der Waals surface area contributed by atoms with E-state index in [0.717, 1.165) is 64.1 Å². The zero-order chi connectivity index (χ0) is 37.9. The van der Waals surface area contributed by atoms with E-state index in [-0.39, 0.29) is 5.41 Å². The van der Waals surface area contributed by atoms with Crippen LogP contribution in [0.2, 0.25) is 0 Å². The molecule has 57 heavy (non-hydrogen) atoms. The third kappa shape index (κ3) is 5.78. The zero-order valence-corrected chi connectivity index (χ0v) is 31.8. The average molecular weight is 730 g/mol. The van der Waals surface area contributed by atoms with Crippen LogP contribution in [0.1, 0.15) is 42.3 Å². The number of nitrogens with zero attached hydrogens (tertiary/aromatic N) is 3. The summed E-state index contributed by atoms with van der Waals surface area (Å²) >= 11 is 0. The van der Waals surface area contributed by atoms with Gasteiger partial charge < -0.3 is 0 Å². The molecule has 2 aliphatic carbocycles. The molecule has 9 aromatic rings. The van der Waals surface area contributed by atoms with Crippen molar-refractivity contribution in [1.82, 2.24) is 15.0 Å². The molecule has 0 spiro atoms. The van der Waals surface area contributed by atoms with Crippen molar-refractivity contribution < 1.29 is 0 Å². The smallest absolute Gasteiger partial charge is 0.160 e. The summed E-state index contributed by atoms with van der Waals surface area (Å²) in [6.07, 6.45) is 16.4. The molecule has 0 fully saturated rings. The Balaban J connectivity index is 1.03. The molecule has 3 nitrogen and oxygen atoms in total. The number of allylic oxidation sites excluding steroid dienone is 5. The fourth-order valence-corrected chi connectivity index (χ4v) is 9.01. The second-order valence-electron chi connectivity index (χ2n) is 15.7. The lowest BCUT2D eigenvalue weighted by Gasteiger charge is -2.28. The molecule has 1 unspecified atom stereocenters. The quantitative estimate of drug-likeness (QED) is 0.166. The number of pyridine rings is 1. The maximum absolute atomic E-state index is 5.36. The Morgan fingerprint density at radius 3 is 2.04 bits per heavy atom. The molecule has 1 atom stereocenters. The van der Waals surface area contributed by atoms with Gasteiger partial charge in [0.05, 0.1) is 16.9 Å². The van der Waals surface area contributed by atoms with Gasteiger partial charge >= 0.3 is 0 Å². The van der Waals surface area contributed by atoms with Gasteiger partial charge in [0.15, 0.2) is 5.82 Å². The van der Waals surface area contributed by atoms with Crippen LogP contribution in [0.15, 0.2) is 176 Å². The van der Waals surface area contributed by atoms with E-state index in [0.29, 0.717) is 0 Å². The van der Waals surface area contributed by atoms with E-state index >= 15 is 0 Å². The predicted octanol–water partition coefficient (Wildman–Crippen LogP) is 13.7. The lowest BCUT2D eigenvalue weighted by atomic mass is 9.76. The van der Waals surface area contributed by atoms with Crippen molar-refractivity contribution in [3.05, 3.63) is 199 Å². The highest BCUT2D eigenvalue weighted by Crippen LogP contribution is 2.41. The molecule has 7 aromatic carbocycles. The van der Waals surface area contributed by atoms with Crippen molar-refractivity contribution in [3.63, 3.8) is 0 Å². The third-order valence-corrected chi connectivity index (χ3v) is 12.2. The number of hydrogen-bond acceptors (Lipinski definition) is 3. The van der Waals surface area contributed by atoms with E-state index in [1.807, 2.05) is 12.3 Å². The standard InChI is InChI=1S/C54H39N3/c1-54(41-30-40-14-4-11-21-50(40)55-34-41)28-26-37(27-29-54)53-56-51(33-52(57-53)49-32-39-13-3-6-16-43(39)45-18-8-10-20-47(45)49)36-24-22-35(23-25-36)48-31-38-12-2-5-15-42(38)44-17-7-9-19-46(44)48/h2-8,10-18,20-28,30-34H,9,19,29H2,1H3. The first-order valence-corrected chi connectivity index (χ1v) is 20.0. The lowest BCUT2D eigenvalue weighted by molar-refractivity contribution is 0.599. The van der Waals surface area contributed by atoms with Crippen LogP contribution in [0.5, 0.6) is 0 Å². The van der Waals surface area contributed by atoms with Gasteiger partial charge in [-0.15, -0.1) is 0 Å². The molecule has 0 saturated heterocycles. The van der Waals surface area contributed by atoms with E-state index in [9.17, 15) is 0 Å². The first kappa shape index (κ1) is 33.4. The molecule has 2 heterocycles. The van der Waals surface area contributed by atoms with Gasteiger partial charge in [-0.25, -0.2) is 9.97 Å². The maximum Gasteiger partial charge on any atom is 0.160 e. The monoisotopic (exact) mass is 729 g/mol. The highest BCUT2D eigenvalue weighted by molar-refractivity contribution is 6.13. The van der Waals surface area contributed by atoms with Crippen LogP contribution in [-0.4, -0.2) is 15.0 Å². The molecule has 2 aromatic heterocycles. The Labute approximate surface area is 332 Å². The molecule has 0 amide bonds. The molecular weight excluding hydrogens is 691 g/mol. The summed E-state index contributed by atoms with van der Waals surface area (Å²) in [6, 6.07) is 52.5. The summed E-state index contributed by atoms with van der Waals surface area (Å²) in [5, 5.41) is 8.61. The second kappa shape index (κ2) is 13.4. The second-order valence-corrected chi connectivity index (χ2v) is 15.7. The fraction of sp³-hybridized carbons (Fsp3) is 0.0926. The number of fused-ring (bicyclic) bond motifs is 7. The minimum atomic E-state index is -0.191. The minimum Gasteiger partial charge on any atom is -0.256 e. The third-order valence-electron chi connectivity index (χ3n) is 12.2. The highest BCUT2D eigenvalue weighted by atomic mass is 14.9. The molecule has 2 aliphatic rings. The molecule has 3 heteroatoms. The van der Waals surface area contributed by atoms with Crippen molar-refractivity contribution >= 4 is 54.9 Å². The minimum absolute atomic E-state index is 0.191. The Bertz CT molecular complexity index is 3170. The van der Waals surface area contributed by atoms with Crippen LogP contribution in [0.3, 0.4) is 0 Å². The molecule has 0 bridgehead atoms. The van der Waals surface area contributed by atoms with Gasteiger partial charge in [-0.1, -0.05) is 153 Å². The van der Waals surface area contributed by atoms with Crippen LogP contribution < -0.4 is 0 Å². The fourth-order valence-electron chi connectivity index (χ4n) is 9.01. The zero-order valence-electron chi connectivity index (χ0n) is 31.8. The Morgan fingerprint density at radius 2 is 1.23 bits per heavy atom. The van der Waals surface area contributed by atoms with E-state index in [1.54, 1.807) is 0 Å². The molecule has 0 saturated carbocycles. The highest BCUT2D eigenvalue weighted by Gasteiger charge is 2.27. The molecular formula is C54H39N3. The van der Waals surface area contributed by atoms with Crippen molar-refractivity contribution in [1.29, 1.82) is 0 Å². The summed E-state index contributed by atoms with van der Waals surface area (Å²) in [5.74, 6) is 0.731. The summed E-state index contributed by atoms with van der Waals surface area (Å²) < 4.78 is 0. The Kier molecular flexibility index (Phi) is 7.82. The normalized spacial score (nSPS) is 16.3. The maximum atomic E-state index is 5.36. The van der Waals surface area contributed by atoms with Gasteiger partial charge in [0.25, 0.3) is 0 Å². The first-order chi connectivity index (χ1) is 28.1. The molecule has 11 rings (SSSR count). The largest absolute Gasteiger partial charge is 0.256 e. The number of benzene rings is 7. The van der Waals surface area contributed by atoms with Gasteiger partial charge in [0.2, 0.25) is 0 Å². The Morgan fingerprint density at radius 1 is 0.561 bits per heavy atom. The summed E-state index contributed by atoms with van der Waals surface area (Å²) in [5.41, 5.74) is 12.4. The van der Waals surface area contributed by atoms with E-state index in [4.69, 9.17) is 15.0 Å². The van der Waals surface area contributed by atoms with E-state index < -0.39 is 0 Å². The van der Waals surface area contributed by atoms with Gasteiger partial charge in [0.1, 0.15) is 0 Å². The van der Waals surface area contributed by atoms with Crippen LogP contribution in [-0.2, 0) is 11.8 Å². The number of para-hydroxylation sites is 1. The van der Waals surface area contributed by atoms with Crippen molar-refractivity contribution in [2.45, 2.75) is 31.6 Å². The molecule has 0 N–H and O–H groups in total. The average Bonchev–Trinajstić information content (AvgIpc) is 3.28. The topological polar surface area (TPSA) is 38.7 Å². The molecule has 270 valence electrons. The van der Waals surface area contributed by atoms with Crippen LogP contribution in [0.25, 0.3) is 88.5 Å². The van der Waals surface area contributed by atoms with Gasteiger partial charge in [-0.05, 0) is 110 Å². The number of rotatable bonds is 5. The number of hydrogen-bond donors (Lipinski definition) is 0. The van der Waals surface area contributed by atoms with Crippen LogP contribution in [0.4, 0.5) is 0 Å². The van der Waals surface area contributed by atoms with Crippen LogP contribution in [0, 0.1) is 0 Å². The van der Waals surface area contributed by atoms with Crippen molar-refractivity contribution in [2.24, 2.45) is 0 Å². The lowest BCUT2D eigenvalue weighted by Crippen LogP contribution is -2.20. The molecule has 0 radical (unpaired) electrons. The Hall–Kier alpha value is -6.97. The van der Waals surface area contributed by atoms with E-state index in [1.165, 1.54) is 60.1 Å². The van der Waals surface area contributed by atoms with Crippen molar-refractivity contribution in [2.75, 3.05) is 0 Å². The van der Waals surface area contributed by atoms with Crippen molar-refractivity contribution in [3.8, 4) is 33.6 Å². The first-order valence-electron chi connectivity index (χ1n) is 20.0. The van der Waals surface area contributed by atoms with E-state index in [2.05, 4.69) is 177 Å². The predicted molar refractivity (Wildman–Crippen MR) is 239 cm³/mol. The SMILES string of the molecule is CC1(c2cnc3ccccc3c2)C=CC(c2nc(-c3ccc(-c4cc5ccccc5c5c4CCC=C5)cc3)cc(-c3cc4ccccc4c4ccccc34)n2)=CC1. The van der Waals surface area contributed by atoms with Gasteiger partial charge in [0, 0.05) is 33.7 Å². The van der Waals surface area contributed by atoms with Gasteiger partial charge in [-0.2, -0.15) is 0 Å². The summed E-state index contributed by atoms with van der Waals surface area (Å²) in [4.78, 5) is 15.5. The number of aromatic nitrogens is 3. The van der Waals surface area contributed by atoms with Crippen LogP contribution >= 0.6 is 0 Å². The summed E-state index contributed by atoms with van der Waals surface area (Å²) in [6.45, 7) is 2.29. The molecule has 0 aliphatic heterocycles. The van der Waals surface area contributed by atoms with Gasteiger partial charge in [-0.3, -0.25) is 4.98 Å². The summed E-state index contributed by atoms with van der Waals surface area (Å²) in [7, 11) is 0.